The minimum Gasteiger partial charge on any atom is -0.179 e. The maximum absolute atomic E-state index is 4.00. The van der Waals surface area contributed by atoms with Crippen LogP contribution >= 0.6 is 12.6 Å². The van der Waals surface area contributed by atoms with Crippen LogP contribution in [0.25, 0.3) is 0 Å². The van der Waals surface area contributed by atoms with Gasteiger partial charge in [-0.15, -0.1) is 0 Å². The molecule has 0 heterocycles. The van der Waals surface area contributed by atoms with Crippen molar-refractivity contribution < 1.29 is 29.6 Å². The number of thiol groups is 1. The zero-order valence-corrected chi connectivity index (χ0v) is 7.46. The SMILES string of the molecule is CCCCS.[Na+]. The van der Waals surface area contributed by atoms with Crippen LogP contribution < -0.4 is 29.6 Å². The predicted octanol–water partition coefficient (Wildman–Crippen LogP) is -1.28. The molecule has 6 heavy (non-hydrogen) atoms. The summed E-state index contributed by atoms with van der Waals surface area (Å²) in [6.07, 6.45) is 2.52. The summed E-state index contributed by atoms with van der Waals surface area (Å²) in [5, 5.41) is 0. The molecule has 0 aliphatic heterocycles. The molecule has 0 atom stereocenters. The molecule has 0 aliphatic rings. The standard InChI is InChI=1S/C4H10S.Na/c1-2-3-4-5;/h5H,2-4H2,1H3;/q;+1. The number of hydrogen-bond acceptors (Lipinski definition) is 1. The maximum atomic E-state index is 4.00. The van der Waals surface area contributed by atoms with Crippen LogP contribution in [-0.2, 0) is 0 Å². The van der Waals surface area contributed by atoms with Gasteiger partial charge in [0.15, 0.2) is 0 Å². The fourth-order valence-corrected chi connectivity index (χ4v) is 0.474. The number of hydrogen-bond donors (Lipinski definition) is 1. The Bertz CT molecular complexity index is 15.0. The first-order valence-electron chi connectivity index (χ1n) is 2.02. The third kappa shape index (κ3) is 9.02. The molecule has 0 nitrogen and oxygen atoms in total. The smallest absolute Gasteiger partial charge is 0.179 e. The van der Waals surface area contributed by atoms with E-state index in [2.05, 4.69) is 19.6 Å². The quantitative estimate of drug-likeness (QED) is 0.335. The molecule has 0 aromatic heterocycles. The maximum Gasteiger partial charge on any atom is 1.00 e. The van der Waals surface area contributed by atoms with Crippen LogP contribution in [0.3, 0.4) is 0 Å². The molecule has 0 saturated heterocycles. The summed E-state index contributed by atoms with van der Waals surface area (Å²) in [4.78, 5) is 0. The summed E-state index contributed by atoms with van der Waals surface area (Å²) in [6.45, 7) is 2.16. The van der Waals surface area contributed by atoms with Gasteiger partial charge in [-0.1, -0.05) is 13.3 Å². The van der Waals surface area contributed by atoms with Gasteiger partial charge in [0.2, 0.25) is 0 Å². The van der Waals surface area contributed by atoms with Crippen molar-refractivity contribution in [1.82, 2.24) is 0 Å². The van der Waals surface area contributed by atoms with Crippen LogP contribution in [0.2, 0.25) is 0 Å². The molecule has 0 aliphatic carbocycles. The molecule has 0 rings (SSSR count). The fourth-order valence-electron chi connectivity index (χ4n) is 0.158. The van der Waals surface area contributed by atoms with Crippen LogP contribution in [0.5, 0.6) is 0 Å². The minimum absolute atomic E-state index is 0. The van der Waals surface area contributed by atoms with Crippen molar-refractivity contribution in [1.29, 1.82) is 0 Å². The van der Waals surface area contributed by atoms with E-state index in [-0.39, 0.29) is 29.6 Å². The summed E-state index contributed by atoms with van der Waals surface area (Å²) in [5.74, 6) is 1.04. The minimum atomic E-state index is 0. The van der Waals surface area contributed by atoms with Gasteiger partial charge in [-0.3, -0.25) is 0 Å². The van der Waals surface area contributed by atoms with Gasteiger partial charge < -0.3 is 0 Å². The third-order valence-corrected chi connectivity index (χ3v) is 0.828. The normalized spacial score (nSPS) is 7.00. The van der Waals surface area contributed by atoms with Gasteiger partial charge in [0, 0.05) is 0 Å². The Morgan fingerprint density at radius 3 is 2.00 bits per heavy atom. The average Bonchev–Trinajstić information content (AvgIpc) is 1.41. The topological polar surface area (TPSA) is 0 Å². The molecule has 0 aromatic rings. The van der Waals surface area contributed by atoms with E-state index in [1.165, 1.54) is 12.8 Å². The molecule has 32 valence electrons. The Morgan fingerprint density at radius 2 is 2.00 bits per heavy atom. The van der Waals surface area contributed by atoms with Crippen molar-refractivity contribution in [3.63, 3.8) is 0 Å². The molecule has 0 bridgehead atoms. The summed E-state index contributed by atoms with van der Waals surface area (Å²) < 4.78 is 0. The summed E-state index contributed by atoms with van der Waals surface area (Å²) in [6, 6.07) is 0. The Labute approximate surface area is 67.4 Å². The average molecular weight is 113 g/mol. The molecular weight excluding hydrogens is 103 g/mol. The van der Waals surface area contributed by atoms with Crippen molar-refractivity contribution in [2.45, 2.75) is 19.8 Å². The predicted molar refractivity (Wildman–Crippen MR) is 28.8 cm³/mol. The van der Waals surface area contributed by atoms with Crippen LogP contribution in [0.1, 0.15) is 19.8 Å². The van der Waals surface area contributed by atoms with Gasteiger partial charge in [0.25, 0.3) is 0 Å². The summed E-state index contributed by atoms with van der Waals surface area (Å²) >= 11 is 4.00. The van der Waals surface area contributed by atoms with Crippen LogP contribution in [-0.4, -0.2) is 5.75 Å². The first-order valence-corrected chi connectivity index (χ1v) is 2.66. The Kier molecular flexibility index (Phi) is 16.6. The van der Waals surface area contributed by atoms with E-state index in [9.17, 15) is 0 Å². The summed E-state index contributed by atoms with van der Waals surface area (Å²) in [7, 11) is 0. The van der Waals surface area contributed by atoms with Crippen molar-refractivity contribution in [2.24, 2.45) is 0 Å². The van der Waals surface area contributed by atoms with Gasteiger partial charge in [0.1, 0.15) is 0 Å². The van der Waals surface area contributed by atoms with Crippen molar-refractivity contribution in [2.75, 3.05) is 5.75 Å². The van der Waals surface area contributed by atoms with Gasteiger partial charge in [-0.2, -0.15) is 12.6 Å². The van der Waals surface area contributed by atoms with Crippen LogP contribution in [0.15, 0.2) is 0 Å². The van der Waals surface area contributed by atoms with Gasteiger partial charge in [0.05, 0.1) is 0 Å². The Hall–Kier alpha value is 1.35. The molecule has 0 amide bonds. The first kappa shape index (κ1) is 10.4. The zero-order chi connectivity index (χ0) is 4.12. The molecular formula is C4H10NaS+. The first-order chi connectivity index (χ1) is 2.41. The van der Waals surface area contributed by atoms with Gasteiger partial charge >= 0.3 is 29.6 Å². The molecule has 0 radical (unpaired) electrons. The summed E-state index contributed by atoms with van der Waals surface area (Å²) in [5.41, 5.74) is 0. The van der Waals surface area contributed by atoms with E-state index in [1.807, 2.05) is 0 Å². The molecule has 0 saturated carbocycles. The molecule has 0 aromatic carbocycles. The Morgan fingerprint density at radius 1 is 1.50 bits per heavy atom. The van der Waals surface area contributed by atoms with E-state index < -0.39 is 0 Å². The van der Waals surface area contributed by atoms with E-state index >= 15 is 0 Å². The molecule has 0 spiro atoms. The van der Waals surface area contributed by atoms with Crippen molar-refractivity contribution in [3.05, 3.63) is 0 Å². The third-order valence-electron chi connectivity index (χ3n) is 0.512. The van der Waals surface area contributed by atoms with Crippen LogP contribution in [0, 0.1) is 0 Å². The van der Waals surface area contributed by atoms with Crippen molar-refractivity contribution >= 4 is 12.6 Å². The van der Waals surface area contributed by atoms with Crippen molar-refractivity contribution in [3.8, 4) is 0 Å². The second-order valence-corrected chi connectivity index (χ2v) is 1.52. The van der Waals surface area contributed by atoms with Crippen LogP contribution in [0.4, 0.5) is 0 Å². The second-order valence-electron chi connectivity index (χ2n) is 1.08. The number of rotatable bonds is 2. The van der Waals surface area contributed by atoms with Gasteiger partial charge in [-0.25, -0.2) is 0 Å². The zero-order valence-electron chi connectivity index (χ0n) is 4.57. The van der Waals surface area contributed by atoms with E-state index in [4.69, 9.17) is 0 Å². The second kappa shape index (κ2) is 9.61. The van der Waals surface area contributed by atoms with E-state index in [0.717, 1.165) is 5.75 Å². The van der Waals surface area contributed by atoms with Gasteiger partial charge in [-0.05, 0) is 12.2 Å². The largest absolute Gasteiger partial charge is 1.00 e. The molecule has 0 unspecified atom stereocenters. The monoisotopic (exact) mass is 113 g/mol. The molecule has 0 N–H and O–H groups in total. The fraction of sp³-hybridized carbons (Fsp3) is 1.00. The molecule has 2 heteroatoms. The molecule has 0 fully saturated rings. The van der Waals surface area contributed by atoms with E-state index in [0.29, 0.717) is 0 Å². The Balaban J connectivity index is 0. The van der Waals surface area contributed by atoms with E-state index in [1.54, 1.807) is 0 Å². The number of unbranched alkanes of at least 4 members (excludes halogenated alkanes) is 1.